The third kappa shape index (κ3) is 3.18. The van der Waals surface area contributed by atoms with Gasteiger partial charge in [-0.05, 0) is 23.7 Å². The Bertz CT molecular complexity index is 1040. The topological polar surface area (TPSA) is 65.1 Å². The minimum atomic E-state index is -2.21. The quantitative estimate of drug-likeness (QED) is 0.513. The van der Waals surface area contributed by atoms with Crippen molar-refractivity contribution in [1.82, 2.24) is 0 Å². The number of rotatable bonds is 5. The van der Waals surface area contributed by atoms with Gasteiger partial charge < -0.3 is 19.1 Å². The molecule has 6 nitrogen and oxygen atoms in total. The number of likely N-dealkylation sites (N-methyl/N-ethyl adjacent to an activating group) is 1. The summed E-state index contributed by atoms with van der Waals surface area (Å²) in [4.78, 5) is 27.7. The molecule has 1 saturated heterocycles. The molecule has 2 heterocycles. The number of amides is 1. The number of anilines is 1. The molecule has 2 aromatic rings. The second-order valence-electron chi connectivity index (χ2n) is 9.32. The molecule has 1 amide bonds. The summed E-state index contributed by atoms with van der Waals surface area (Å²) in [6.45, 7) is 6.68. The third-order valence-corrected chi connectivity index (χ3v) is 11.8. The Morgan fingerprint density at radius 1 is 1.12 bits per heavy atom. The Balaban J connectivity index is 1.83. The number of methoxy groups -OCH3 is 2. The van der Waals surface area contributed by atoms with Crippen LogP contribution in [0, 0.1) is 5.92 Å². The van der Waals surface area contributed by atoms with E-state index in [4.69, 9.17) is 14.2 Å². The first-order valence-corrected chi connectivity index (χ1v) is 14.0. The third-order valence-electron chi connectivity index (χ3n) is 7.47. The summed E-state index contributed by atoms with van der Waals surface area (Å²) in [7, 11) is 2.62. The zero-order valence-electron chi connectivity index (χ0n) is 19.5. The molecule has 4 rings (SSSR count). The zero-order chi connectivity index (χ0) is 23.3. The molecule has 2 aromatic carbocycles. The fraction of sp³-hybridized carbons (Fsp3) is 0.440. The first kappa shape index (κ1) is 22.5. The van der Waals surface area contributed by atoms with Gasteiger partial charge in [-0.1, -0.05) is 55.5 Å². The highest BCUT2D eigenvalue weighted by Crippen LogP contribution is 2.59. The summed E-state index contributed by atoms with van der Waals surface area (Å²) in [6, 6.07) is 16.0. The molecule has 170 valence electrons. The lowest BCUT2D eigenvalue weighted by atomic mass is 9.82. The van der Waals surface area contributed by atoms with Crippen LogP contribution in [0.5, 0.6) is 5.75 Å². The summed E-state index contributed by atoms with van der Waals surface area (Å²) >= 11 is 0. The maximum atomic E-state index is 13.7. The van der Waals surface area contributed by atoms with Crippen molar-refractivity contribution in [1.29, 1.82) is 0 Å². The molecule has 1 fully saturated rings. The predicted octanol–water partition coefficient (Wildman–Crippen LogP) is 3.45. The molecule has 0 aromatic heterocycles. The number of carbonyl (C=O) groups excluding carboxylic acids is 2. The van der Waals surface area contributed by atoms with Gasteiger partial charge in [-0.15, -0.1) is 0 Å². The highest BCUT2D eigenvalue weighted by molar-refractivity contribution is 6.91. The van der Waals surface area contributed by atoms with Crippen molar-refractivity contribution < 1.29 is 23.8 Å². The van der Waals surface area contributed by atoms with Crippen molar-refractivity contribution in [3.8, 4) is 5.75 Å². The van der Waals surface area contributed by atoms with Crippen molar-refractivity contribution in [3.63, 3.8) is 0 Å². The van der Waals surface area contributed by atoms with Gasteiger partial charge >= 0.3 is 5.97 Å². The van der Waals surface area contributed by atoms with E-state index in [1.807, 2.05) is 36.4 Å². The minimum Gasteiger partial charge on any atom is -0.497 e. The molecule has 2 aliphatic heterocycles. The maximum absolute atomic E-state index is 13.7. The van der Waals surface area contributed by atoms with Crippen LogP contribution in [-0.2, 0) is 24.7 Å². The van der Waals surface area contributed by atoms with Crippen LogP contribution in [0.3, 0.4) is 0 Å². The number of hydrogen-bond donors (Lipinski definition) is 0. The SMILES string of the molecule is COC(=O)C[C@H]1O[C@]2(C(=O)N(C)c3ccccc32)[C@@H](C)[C@@H]1[Si](C)(C)c1ccc(OC)cc1. The van der Waals surface area contributed by atoms with Gasteiger partial charge in [-0.3, -0.25) is 9.59 Å². The van der Waals surface area contributed by atoms with Crippen molar-refractivity contribution >= 4 is 30.8 Å². The summed E-state index contributed by atoms with van der Waals surface area (Å²) in [5.41, 5.74) is 0.687. The zero-order valence-corrected chi connectivity index (χ0v) is 20.5. The molecule has 7 heteroatoms. The van der Waals surface area contributed by atoms with Crippen molar-refractivity contribution in [2.75, 3.05) is 26.2 Å². The number of benzene rings is 2. The van der Waals surface area contributed by atoms with Crippen LogP contribution in [0.25, 0.3) is 0 Å². The van der Waals surface area contributed by atoms with Gasteiger partial charge in [-0.25, -0.2) is 0 Å². The highest BCUT2D eigenvalue weighted by atomic mass is 28.3. The predicted molar refractivity (Wildman–Crippen MR) is 126 cm³/mol. The van der Waals surface area contributed by atoms with Crippen LogP contribution in [0.1, 0.15) is 18.9 Å². The van der Waals surface area contributed by atoms with Crippen molar-refractivity contribution in [2.45, 2.75) is 43.7 Å². The Kier molecular flexibility index (Phi) is 5.67. The average Bonchev–Trinajstić information content (AvgIpc) is 3.21. The summed E-state index contributed by atoms with van der Waals surface area (Å²) in [6.07, 6.45) is -0.288. The van der Waals surface area contributed by atoms with Gasteiger partial charge in [0.15, 0.2) is 5.60 Å². The van der Waals surface area contributed by atoms with Crippen LogP contribution in [0.15, 0.2) is 48.5 Å². The minimum absolute atomic E-state index is 0.0264. The smallest absolute Gasteiger partial charge is 0.308 e. The Morgan fingerprint density at radius 3 is 2.41 bits per heavy atom. The fourth-order valence-electron chi connectivity index (χ4n) is 5.82. The lowest BCUT2D eigenvalue weighted by Gasteiger charge is -2.37. The van der Waals surface area contributed by atoms with Gasteiger partial charge in [0.2, 0.25) is 0 Å². The lowest BCUT2D eigenvalue weighted by molar-refractivity contribution is -0.153. The maximum Gasteiger partial charge on any atom is 0.308 e. The summed E-state index contributed by atoms with van der Waals surface area (Å²) in [5, 5.41) is 1.23. The highest BCUT2D eigenvalue weighted by Gasteiger charge is 2.66. The van der Waals surface area contributed by atoms with E-state index in [0.29, 0.717) is 0 Å². The fourth-order valence-corrected chi connectivity index (χ4v) is 9.83. The molecule has 0 aliphatic carbocycles. The van der Waals surface area contributed by atoms with Crippen LogP contribution >= 0.6 is 0 Å². The number of ether oxygens (including phenoxy) is 3. The Morgan fingerprint density at radius 2 is 1.78 bits per heavy atom. The van der Waals surface area contributed by atoms with Crippen LogP contribution in [0.2, 0.25) is 18.6 Å². The van der Waals surface area contributed by atoms with Gasteiger partial charge in [0.05, 0.1) is 40.5 Å². The van der Waals surface area contributed by atoms with E-state index in [0.717, 1.165) is 17.0 Å². The Labute approximate surface area is 190 Å². The first-order valence-electron chi connectivity index (χ1n) is 10.9. The standard InChI is InChI=1S/C25H31NO5Si/c1-16-23(32(5,6)18-13-11-17(29-3)12-14-18)21(15-22(27)30-4)31-25(16)19-9-7-8-10-20(19)26(2)24(25)28/h7-14,16,21,23H,15H2,1-6H3/t16-,21+,23-,25+/m0/s1. The molecule has 0 saturated carbocycles. The number of esters is 1. The van der Waals surface area contributed by atoms with E-state index in [1.165, 1.54) is 12.3 Å². The van der Waals surface area contributed by atoms with Crippen LogP contribution < -0.4 is 14.8 Å². The Hall–Kier alpha value is -2.64. The van der Waals surface area contributed by atoms with E-state index < -0.39 is 19.8 Å². The molecule has 0 unspecified atom stereocenters. The lowest BCUT2D eigenvalue weighted by Crippen LogP contribution is -2.51. The molecular formula is C25H31NO5Si. The number of nitrogens with zero attached hydrogens (tertiary/aromatic N) is 1. The second kappa shape index (κ2) is 8.05. The van der Waals surface area contributed by atoms with Crippen LogP contribution in [0.4, 0.5) is 5.69 Å². The molecule has 0 N–H and O–H groups in total. The van der Waals surface area contributed by atoms with Crippen LogP contribution in [-0.4, -0.2) is 47.3 Å². The molecule has 2 aliphatic rings. The van der Waals surface area contributed by atoms with E-state index in [2.05, 4.69) is 32.2 Å². The number of hydrogen-bond acceptors (Lipinski definition) is 5. The van der Waals surface area contributed by atoms with Gasteiger partial charge in [0.25, 0.3) is 5.91 Å². The molecule has 32 heavy (non-hydrogen) atoms. The van der Waals surface area contributed by atoms with Gasteiger partial charge in [-0.2, -0.15) is 0 Å². The summed E-state index contributed by atoms with van der Waals surface area (Å²) < 4.78 is 17.0. The molecule has 4 atom stereocenters. The largest absolute Gasteiger partial charge is 0.497 e. The first-order chi connectivity index (χ1) is 15.2. The second-order valence-corrected chi connectivity index (χ2v) is 14.0. The number of fused-ring (bicyclic) bond motifs is 2. The van der Waals surface area contributed by atoms with E-state index in [9.17, 15) is 9.59 Å². The van der Waals surface area contributed by atoms with Gasteiger partial charge in [0, 0.05) is 18.5 Å². The summed E-state index contributed by atoms with van der Waals surface area (Å²) in [5.74, 6) is 0.303. The number of para-hydroxylation sites is 1. The average molecular weight is 454 g/mol. The monoisotopic (exact) mass is 453 g/mol. The molecule has 0 bridgehead atoms. The van der Waals surface area contributed by atoms with Gasteiger partial charge in [0.1, 0.15) is 5.75 Å². The molecule has 1 spiro atoms. The number of carbonyl (C=O) groups is 2. The van der Waals surface area contributed by atoms with Crippen molar-refractivity contribution in [3.05, 3.63) is 54.1 Å². The molecular weight excluding hydrogens is 422 g/mol. The van der Waals surface area contributed by atoms with E-state index in [1.54, 1.807) is 19.1 Å². The molecule has 0 radical (unpaired) electrons. The van der Waals surface area contributed by atoms with E-state index >= 15 is 0 Å². The van der Waals surface area contributed by atoms with Crippen molar-refractivity contribution in [2.24, 2.45) is 5.92 Å². The van der Waals surface area contributed by atoms with E-state index in [-0.39, 0.29) is 29.8 Å². The normalized spacial score (nSPS) is 27.0.